The third-order valence-corrected chi connectivity index (χ3v) is 8.16. The van der Waals surface area contributed by atoms with Gasteiger partial charge >= 0.3 is 0 Å². The number of aliphatic hydroxyl groups is 1. The zero-order valence-electron chi connectivity index (χ0n) is 20.2. The first kappa shape index (κ1) is 23.3. The van der Waals surface area contributed by atoms with Crippen LogP contribution in [0.15, 0.2) is 65.9 Å². The number of aryl methyl sites for hydroxylation is 1. The van der Waals surface area contributed by atoms with Gasteiger partial charge in [0.2, 0.25) is 5.78 Å². The van der Waals surface area contributed by atoms with E-state index in [1.165, 1.54) is 11.3 Å². The van der Waals surface area contributed by atoms with E-state index < -0.39 is 17.7 Å². The first-order chi connectivity index (χ1) is 16.9. The molecule has 1 amide bonds. The van der Waals surface area contributed by atoms with E-state index in [-0.39, 0.29) is 17.4 Å². The quantitative estimate of drug-likeness (QED) is 0.451. The topological polar surface area (TPSA) is 73.7 Å². The Morgan fingerprint density at radius 3 is 2.34 bits per heavy atom. The van der Waals surface area contributed by atoms with Crippen LogP contribution in [0.1, 0.15) is 52.7 Å². The van der Waals surface area contributed by atoms with E-state index in [0.29, 0.717) is 10.6 Å². The number of hydrogen-bond acceptors (Lipinski definition) is 6. The summed E-state index contributed by atoms with van der Waals surface area (Å²) in [6.07, 6.45) is 3.84. The van der Waals surface area contributed by atoms with Crippen LogP contribution < -0.4 is 4.90 Å². The molecule has 1 saturated carbocycles. The van der Waals surface area contributed by atoms with Gasteiger partial charge in [0, 0.05) is 31.4 Å². The van der Waals surface area contributed by atoms with Crippen molar-refractivity contribution < 1.29 is 14.7 Å². The van der Waals surface area contributed by atoms with Crippen LogP contribution in [-0.4, -0.2) is 46.8 Å². The van der Waals surface area contributed by atoms with Gasteiger partial charge in [0.15, 0.2) is 5.76 Å². The third-order valence-electron chi connectivity index (χ3n) is 6.96. The zero-order valence-corrected chi connectivity index (χ0v) is 21.0. The molecule has 1 unspecified atom stereocenters. The lowest BCUT2D eigenvalue weighted by molar-refractivity contribution is -0.131. The first-order valence-corrected chi connectivity index (χ1v) is 12.8. The molecule has 7 heteroatoms. The van der Waals surface area contributed by atoms with E-state index in [1.807, 2.05) is 73.6 Å². The second-order valence-corrected chi connectivity index (χ2v) is 10.4. The molecule has 2 aromatic carbocycles. The minimum Gasteiger partial charge on any atom is -0.503 e. The van der Waals surface area contributed by atoms with Crippen LogP contribution in [0.5, 0.6) is 0 Å². The van der Waals surface area contributed by atoms with Crippen LogP contribution in [0.3, 0.4) is 0 Å². The molecule has 2 heterocycles. The van der Waals surface area contributed by atoms with Gasteiger partial charge in [0.05, 0.1) is 22.2 Å². The van der Waals surface area contributed by atoms with Gasteiger partial charge in [-0.1, -0.05) is 55.3 Å². The number of hydrogen-bond donors (Lipinski definition) is 1. The molecule has 1 aliphatic heterocycles. The van der Waals surface area contributed by atoms with Crippen molar-refractivity contribution >= 4 is 28.7 Å². The molecule has 0 bridgehead atoms. The Balaban J connectivity index is 1.58. The molecular formula is C28H29N3O3S. The van der Waals surface area contributed by atoms with E-state index >= 15 is 0 Å². The monoisotopic (exact) mass is 487 g/mol. The third kappa shape index (κ3) is 4.14. The average molecular weight is 488 g/mol. The highest BCUT2D eigenvalue weighted by molar-refractivity contribution is 7.17. The molecule has 1 atom stereocenters. The smallest absolute Gasteiger partial charge is 0.290 e. The molecule has 0 radical (unpaired) electrons. The summed E-state index contributed by atoms with van der Waals surface area (Å²) in [6, 6.07) is 17.0. The number of aliphatic hydroxyl groups excluding tert-OH is 1. The Hall–Kier alpha value is -3.45. The van der Waals surface area contributed by atoms with Crippen LogP contribution in [-0.2, 0) is 4.79 Å². The number of aromatic nitrogens is 1. The van der Waals surface area contributed by atoms with E-state index in [1.54, 1.807) is 11.8 Å². The fraction of sp³-hybridized carbons (Fsp3) is 0.321. The highest BCUT2D eigenvalue weighted by Crippen LogP contribution is 2.44. The van der Waals surface area contributed by atoms with Crippen molar-refractivity contribution in [2.24, 2.45) is 0 Å². The number of thiazole rings is 1. The highest BCUT2D eigenvalue weighted by Gasteiger charge is 2.47. The maximum Gasteiger partial charge on any atom is 0.290 e. The summed E-state index contributed by atoms with van der Waals surface area (Å²) in [5.41, 5.74) is 3.55. The van der Waals surface area contributed by atoms with Crippen molar-refractivity contribution in [1.29, 1.82) is 0 Å². The summed E-state index contributed by atoms with van der Waals surface area (Å²) in [5, 5.41) is 11.8. The molecule has 1 aromatic heterocycles. The van der Waals surface area contributed by atoms with Gasteiger partial charge in [-0.3, -0.25) is 9.59 Å². The average Bonchev–Trinajstić information content (AvgIpc) is 3.58. The number of benzene rings is 2. The molecule has 0 spiro atoms. The summed E-state index contributed by atoms with van der Waals surface area (Å²) in [7, 11) is 3.94. The molecule has 1 fully saturated rings. The molecule has 6 nitrogen and oxygen atoms in total. The Morgan fingerprint density at radius 2 is 1.71 bits per heavy atom. The van der Waals surface area contributed by atoms with E-state index in [2.05, 4.69) is 4.98 Å². The van der Waals surface area contributed by atoms with Crippen LogP contribution >= 0.6 is 11.3 Å². The summed E-state index contributed by atoms with van der Waals surface area (Å²) in [6.45, 7) is 1.81. The van der Waals surface area contributed by atoms with Crippen molar-refractivity contribution in [3.63, 3.8) is 0 Å². The summed E-state index contributed by atoms with van der Waals surface area (Å²) in [4.78, 5) is 36.1. The lowest BCUT2D eigenvalue weighted by atomic mass is 9.94. The molecule has 35 heavy (non-hydrogen) atoms. The number of carbonyl (C=O) groups is 2. The Bertz CT molecular complexity index is 1290. The maximum atomic E-state index is 14.0. The Morgan fingerprint density at radius 1 is 1.06 bits per heavy atom. The van der Waals surface area contributed by atoms with Crippen LogP contribution in [0, 0.1) is 6.92 Å². The van der Waals surface area contributed by atoms with Gasteiger partial charge in [0.25, 0.3) is 5.91 Å². The van der Waals surface area contributed by atoms with Gasteiger partial charge in [-0.2, -0.15) is 0 Å². The minimum absolute atomic E-state index is 0.0101. The molecule has 2 aliphatic rings. The normalized spacial score (nSPS) is 18.5. The second kappa shape index (κ2) is 9.30. The van der Waals surface area contributed by atoms with Gasteiger partial charge in [-0.15, -0.1) is 11.3 Å². The molecule has 0 saturated heterocycles. The van der Waals surface area contributed by atoms with Crippen molar-refractivity contribution in [1.82, 2.24) is 9.88 Å². The molecular weight excluding hydrogens is 458 g/mol. The number of amides is 1. The van der Waals surface area contributed by atoms with E-state index in [0.717, 1.165) is 47.5 Å². The second-order valence-electron chi connectivity index (χ2n) is 9.43. The largest absolute Gasteiger partial charge is 0.503 e. The predicted molar refractivity (Wildman–Crippen MR) is 139 cm³/mol. The summed E-state index contributed by atoms with van der Waals surface area (Å²) < 4.78 is 0. The lowest BCUT2D eigenvalue weighted by Crippen LogP contribution is -2.38. The maximum absolute atomic E-state index is 14.0. The van der Waals surface area contributed by atoms with Gasteiger partial charge in [0.1, 0.15) is 5.01 Å². The Kier molecular flexibility index (Phi) is 6.19. The Labute approximate surface area is 209 Å². The van der Waals surface area contributed by atoms with Crippen molar-refractivity contribution in [2.75, 3.05) is 19.0 Å². The SMILES string of the molecule is Cc1nc(-c2ccccc2)sc1C(=O)C1=C(O)C(=O)N(C2CCCC2)C1c1ccc(N(C)C)cc1. The van der Waals surface area contributed by atoms with E-state index in [9.17, 15) is 14.7 Å². The van der Waals surface area contributed by atoms with Crippen molar-refractivity contribution in [3.05, 3.63) is 82.1 Å². The molecule has 3 aromatic rings. The zero-order chi connectivity index (χ0) is 24.7. The number of ketones is 1. The predicted octanol–water partition coefficient (Wildman–Crippen LogP) is 5.71. The fourth-order valence-corrected chi connectivity index (χ4v) is 6.16. The van der Waals surface area contributed by atoms with Crippen molar-refractivity contribution in [2.45, 2.75) is 44.7 Å². The number of rotatable bonds is 6. The highest BCUT2D eigenvalue weighted by atomic mass is 32.1. The number of nitrogens with zero attached hydrogens (tertiary/aromatic N) is 3. The minimum atomic E-state index is -0.615. The van der Waals surface area contributed by atoms with Crippen LogP contribution in [0.2, 0.25) is 0 Å². The number of Topliss-reactive ketones (excluding diaryl/α,β-unsaturated/α-hetero) is 1. The van der Waals surface area contributed by atoms with Gasteiger partial charge in [-0.25, -0.2) is 4.98 Å². The summed E-state index contributed by atoms with van der Waals surface area (Å²) >= 11 is 1.31. The fourth-order valence-electron chi connectivity index (χ4n) is 5.13. The molecule has 1 N–H and O–H groups in total. The lowest BCUT2D eigenvalue weighted by Gasteiger charge is -2.32. The van der Waals surface area contributed by atoms with Gasteiger partial charge < -0.3 is 14.9 Å². The molecule has 1 aliphatic carbocycles. The summed E-state index contributed by atoms with van der Waals surface area (Å²) in [5.74, 6) is -1.21. The molecule has 5 rings (SSSR count). The van der Waals surface area contributed by atoms with Gasteiger partial charge in [-0.05, 0) is 37.5 Å². The standard InChI is InChI=1S/C28H29N3O3S/c1-17-26(35-27(29-17)19-9-5-4-6-10-19)24(32)22-23(18-13-15-20(16-14-18)30(2)3)31(28(34)25(22)33)21-11-7-8-12-21/h4-6,9-10,13-16,21,23,33H,7-8,11-12H2,1-3H3. The number of carbonyl (C=O) groups excluding carboxylic acids is 2. The van der Waals surface area contributed by atoms with Crippen molar-refractivity contribution in [3.8, 4) is 10.6 Å². The van der Waals surface area contributed by atoms with E-state index in [4.69, 9.17) is 0 Å². The van der Waals surface area contributed by atoms with Crippen LogP contribution in [0.4, 0.5) is 5.69 Å². The van der Waals surface area contributed by atoms with Crippen LogP contribution in [0.25, 0.3) is 10.6 Å². The first-order valence-electron chi connectivity index (χ1n) is 12.0. The number of anilines is 1. The molecule has 180 valence electrons.